The highest BCUT2D eigenvalue weighted by Gasteiger charge is 2.36. The van der Waals surface area contributed by atoms with Crippen LogP contribution in [0.15, 0.2) is 126 Å². The first kappa shape index (κ1) is 26.1. The smallest absolute Gasteiger partial charge is 0.137 e. The molecule has 0 saturated carbocycles. The van der Waals surface area contributed by atoms with Crippen LogP contribution in [-0.4, -0.2) is 4.57 Å². The molecule has 0 amide bonds. The van der Waals surface area contributed by atoms with Gasteiger partial charge in [0.05, 0.1) is 45.7 Å². The lowest BCUT2D eigenvalue weighted by atomic mass is 9.73. The lowest BCUT2D eigenvalue weighted by molar-refractivity contribution is 0.632. The molecular weight excluding hydrogens is 564 g/mol. The molecule has 46 heavy (non-hydrogen) atoms. The zero-order valence-corrected chi connectivity index (χ0v) is 25.2. The molecule has 8 aromatic rings. The molecular formula is C41H26N4O. The second-order valence-corrected chi connectivity index (χ2v) is 12.5. The van der Waals surface area contributed by atoms with Crippen molar-refractivity contribution in [2.45, 2.75) is 19.3 Å². The average molecular weight is 591 g/mol. The average Bonchev–Trinajstić information content (AvgIpc) is 3.62. The van der Waals surface area contributed by atoms with Crippen molar-refractivity contribution in [2.24, 2.45) is 0 Å². The number of anilines is 3. The van der Waals surface area contributed by atoms with Gasteiger partial charge in [-0.05, 0) is 83.9 Å². The van der Waals surface area contributed by atoms with Gasteiger partial charge in [-0.25, -0.2) is 0 Å². The van der Waals surface area contributed by atoms with Crippen molar-refractivity contribution >= 4 is 60.8 Å². The van der Waals surface area contributed by atoms with E-state index in [0.717, 1.165) is 55.1 Å². The summed E-state index contributed by atoms with van der Waals surface area (Å²) in [5.74, 6) is 0. The Balaban J connectivity index is 1.22. The van der Waals surface area contributed by atoms with E-state index >= 15 is 0 Å². The van der Waals surface area contributed by atoms with E-state index in [9.17, 15) is 10.5 Å². The number of benzene rings is 6. The molecule has 1 aliphatic rings. The Morgan fingerprint density at radius 3 is 1.59 bits per heavy atom. The van der Waals surface area contributed by atoms with Crippen molar-refractivity contribution in [1.29, 1.82) is 10.5 Å². The molecule has 1 aliphatic heterocycles. The molecule has 0 radical (unpaired) electrons. The summed E-state index contributed by atoms with van der Waals surface area (Å²) >= 11 is 0. The fraction of sp³-hybridized carbons (Fsp3) is 0.0732. The van der Waals surface area contributed by atoms with E-state index in [1.165, 1.54) is 22.5 Å². The van der Waals surface area contributed by atoms with E-state index in [1.54, 1.807) is 0 Å². The summed E-state index contributed by atoms with van der Waals surface area (Å²) in [4.78, 5) is 2.34. The third-order valence-electron chi connectivity index (χ3n) is 9.62. The largest absolute Gasteiger partial charge is 0.456 e. The monoisotopic (exact) mass is 590 g/mol. The zero-order chi connectivity index (χ0) is 31.2. The van der Waals surface area contributed by atoms with Crippen molar-refractivity contribution < 1.29 is 4.42 Å². The van der Waals surface area contributed by atoms with E-state index in [-0.39, 0.29) is 5.41 Å². The normalized spacial score (nSPS) is 13.5. The molecule has 0 atom stereocenters. The van der Waals surface area contributed by atoms with Crippen molar-refractivity contribution in [3.05, 3.63) is 144 Å². The van der Waals surface area contributed by atoms with Gasteiger partial charge in [-0.2, -0.15) is 10.5 Å². The molecule has 0 aliphatic carbocycles. The van der Waals surface area contributed by atoms with Crippen LogP contribution in [0.4, 0.5) is 17.1 Å². The molecule has 0 spiro atoms. The van der Waals surface area contributed by atoms with Crippen LogP contribution in [0.1, 0.15) is 36.1 Å². The highest BCUT2D eigenvalue weighted by molar-refractivity contribution is 6.11. The van der Waals surface area contributed by atoms with Crippen LogP contribution in [0.3, 0.4) is 0 Å². The minimum atomic E-state index is -0.122. The molecule has 5 nitrogen and oxygen atoms in total. The van der Waals surface area contributed by atoms with Gasteiger partial charge < -0.3 is 13.9 Å². The Bertz CT molecular complexity index is 2540. The van der Waals surface area contributed by atoms with Gasteiger partial charge >= 0.3 is 0 Å². The summed E-state index contributed by atoms with van der Waals surface area (Å²) in [5, 5.41) is 23.1. The minimum absolute atomic E-state index is 0.122. The van der Waals surface area contributed by atoms with Crippen molar-refractivity contribution in [1.82, 2.24) is 4.57 Å². The maximum atomic E-state index is 9.58. The maximum absolute atomic E-state index is 9.58. The van der Waals surface area contributed by atoms with Gasteiger partial charge in [0.1, 0.15) is 11.2 Å². The van der Waals surface area contributed by atoms with Crippen LogP contribution in [0.25, 0.3) is 49.4 Å². The summed E-state index contributed by atoms with van der Waals surface area (Å²) in [7, 11) is 0. The van der Waals surface area contributed by atoms with Gasteiger partial charge in [0.25, 0.3) is 0 Å². The van der Waals surface area contributed by atoms with Crippen molar-refractivity contribution in [3.8, 4) is 17.8 Å². The van der Waals surface area contributed by atoms with Crippen molar-refractivity contribution in [2.75, 3.05) is 4.90 Å². The summed E-state index contributed by atoms with van der Waals surface area (Å²) in [5.41, 5.74) is 11.5. The molecule has 6 aromatic carbocycles. The van der Waals surface area contributed by atoms with E-state index in [0.29, 0.717) is 11.1 Å². The Labute approximate surface area is 265 Å². The number of furan rings is 1. The predicted molar refractivity (Wildman–Crippen MR) is 184 cm³/mol. The minimum Gasteiger partial charge on any atom is -0.456 e. The van der Waals surface area contributed by atoms with Crippen LogP contribution < -0.4 is 4.90 Å². The molecule has 0 unspecified atom stereocenters. The van der Waals surface area contributed by atoms with Crippen molar-refractivity contribution in [3.63, 3.8) is 0 Å². The molecule has 0 bridgehead atoms. The predicted octanol–water partition coefficient (Wildman–Crippen LogP) is 10.5. The quantitative estimate of drug-likeness (QED) is 0.201. The molecule has 2 aromatic heterocycles. The van der Waals surface area contributed by atoms with Crippen LogP contribution >= 0.6 is 0 Å². The van der Waals surface area contributed by atoms with Gasteiger partial charge in [0.15, 0.2) is 0 Å². The maximum Gasteiger partial charge on any atom is 0.137 e. The third kappa shape index (κ3) is 3.54. The zero-order valence-electron chi connectivity index (χ0n) is 25.2. The Kier molecular flexibility index (Phi) is 5.31. The Morgan fingerprint density at radius 1 is 0.543 bits per heavy atom. The second kappa shape index (κ2) is 9.35. The van der Waals surface area contributed by atoms with Crippen LogP contribution in [0, 0.1) is 22.7 Å². The van der Waals surface area contributed by atoms with Crippen LogP contribution in [0.2, 0.25) is 0 Å². The summed E-state index contributed by atoms with van der Waals surface area (Å²) in [6, 6.07) is 46.0. The van der Waals surface area contributed by atoms with Crippen LogP contribution in [0.5, 0.6) is 0 Å². The first-order valence-electron chi connectivity index (χ1n) is 15.3. The van der Waals surface area contributed by atoms with E-state index in [4.69, 9.17) is 4.42 Å². The summed E-state index contributed by atoms with van der Waals surface area (Å²) in [6.45, 7) is 4.59. The first-order valence-corrected chi connectivity index (χ1v) is 15.3. The molecule has 0 fully saturated rings. The molecule has 216 valence electrons. The molecule has 9 rings (SSSR count). The van der Waals surface area contributed by atoms with Gasteiger partial charge in [-0.3, -0.25) is 0 Å². The number of aromatic nitrogens is 1. The number of fused-ring (bicyclic) bond motifs is 8. The fourth-order valence-electron chi connectivity index (χ4n) is 7.42. The molecule has 5 heteroatoms. The number of nitriles is 2. The first-order chi connectivity index (χ1) is 22.5. The van der Waals surface area contributed by atoms with Gasteiger partial charge in [-0.15, -0.1) is 0 Å². The topological polar surface area (TPSA) is 68.9 Å². The molecule has 3 heterocycles. The summed E-state index contributed by atoms with van der Waals surface area (Å²) < 4.78 is 8.79. The third-order valence-corrected chi connectivity index (χ3v) is 9.62. The number of hydrogen-bond acceptors (Lipinski definition) is 4. The van der Waals surface area contributed by atoms with E-state index in [1.807, 2.05) is 36.4 Å². The number of rotatable bonds is 2. The number of nitrogens with zero attached hydrogens (tertiary/aromatic N) is 4. The number of para-hydroxylation sites is 2. The standard InChI is InChI=1S/C41H26N4O/c1-41(2)33-7-3-5-9-37(33)45(38-10-6-4-8-34(38)41)28-14-16-30-29-15-13-27(21-39(29)46-40(30)22-28)44-35-17-11-25(23-42)19-31(35)32-20-26(24-43)12-18-36(32)44/h3-22H,1-2H3. The highest BCUT2D eigenvalue weighted by atomic mass is 16.3. The lowest BCUT2D eigenvalue weighted by Crippen LogP contribution is -2.30. The highest BCUT2D eigenvalue weighted by Crippen LogP contribution is 2.52. The molecule has 0 N–H and O–H groups in total. The number of hydrogen-bond donors (Lipinski definition) is 0. The molecule has 0 saturated heterocycles. The van der Waals surface area contributed by atoms with E-state index in [2.05, 4.69) is 120 Å². The SMILES string of the molecule is CC1(C)c2ccccc2N(c2ccc3c(c2)oc2cc(-n4c5ccc(C#N)cc5c5cc(C#N)ccc54)ccc23)c2ccccc21. The van der Waals surface area contributed by atoms with Gasteiger partial charge in [0, 0.05) is 50.5 Å². The second-order valence-electron chi connectivity index (χ2n) is 12.5. The van der Waals surface area contributed by atoms with Gasteiger partial charge in [-0.1, -0.05) is 50.2 Å². The van der Waals surface area contributed by atoms with Crippen LogP contribution in [-0.2, 0) is 5.41 Å². The van der Waals surface area contributed by atoms with Gasteiger partial charge in [0.2, 0.25) is 0 Å². The fourth-order valence-corrected chi connectivity index (χ4v) is 7.42. The Hall–Kier alpha value is -6.30. The lowest BCUT2D eigenvalue weighted by Gasteiger charge is -2.41. The van der Waals surface area contributed by atoms with E-state index < -0.39 is 0 Å². The summed E-state index contributed by atoms with van der Waals surface area (Å²) in [6.07, 6.45) is 0. The Morgan fingerprint density at radius 2 is 1.04 bits per heavy atom.